The molecule has 1 amide bonds. The largest absolute Gasteiger partial charge is 0.423 e. The van der Waals surface area contributed by atoms with Crippen molar-refractivity contribution in [2.75, 3.05) is 0 Å². The average molecular weight is 393 g/mol. The number of benzene rings is 3. The average Bonchev–Trinajstić information content (AvgIpc) is 2.69. The Bertz CT molecular complexity index is 986. The monoisotopic (exact) mass is 392 g/mol. The molecule has 0 radical (unpaired) electrons. The normalized spacial score (nSPS) is 10.6. The third-order valence-electron chi connectivity index (χ3n) is 3.76. The number of halogens is 1. The summed E-state index contributed by atoms with van der Waals surface area (Å²) in [5.41, 5.74) is 4.47. The molecule has 0 aliphatic carbocycles. The summed E-state index contributed by atoms with van der Waals surface area (Å²) in [7, 11) is 0. The van der Waals surface area contributed by atoms with Gasteiger partial charge in [-0.15, -0.1) is 0 Å². The van der Waals surface area contributed by atoms with E-state index in [0.717, 1.165) is 5.56 Å². The molecule has 5 nitrogen and oxygen atoms in total. The van der Waals surface area contributed by atoms with Crippen LogP contribution in [-0.4, -0.2) is 18.1 Å². The van der Waals surface area contributed by atoms with Crippen molar-refractivity contribution < 1.29 is 14.3 Å². The zero-order valence-corrected chi connectivity index (χ0v) is 15.6. The summed E-state index contributed by atoms with van der Waals surface area (Å²) in [5.74, 6) is -0.325. The Kier molecular flexibility index (Phi) is 6.54. The van der Waals surface area contributed by atoms with Crippen LogP contribution in [0.3, 0.4) is 0 Å². The number of esters is 1. The molecule has 1 N–H and O–H groups in total. The molecule has 3 aromatic carbocycles. The highest BCUT2D eigenvalue weighted by atomic mass is 35.5. The van der Waals surface area contributed by atoms with E-state index in [-0.39, 0.29) is 12.3 Å². The van der Waals surface area contributed by atoms with E-state index in [9.17, 15) is 9.59 Å². The second kappa shape index (κ2) is 9.48. The van der Waals surface area contributed by atoms with Gasteiger partial charge in [-0.2, -0.15) is 5.10 Å². The summed E-state index contributed by atoms with van der Waals surface area (Å²) < 4.78 is 5.36. The Morgan fingerprint density at radius 2 is 1.71 bits per heavy atom. The van der Waals surface area contributed by atoms with Gasteiger partial charge in [-0.05, 0) is 47.5 Å². The van der Waals surface area contributed by atoms with Crippen molar-refractivity contribution in [2.24, 2.45) is 5.10 Å². The second-order valence-corrected chi connectivity index (χ2v) is 6.36. The van der Waals surface area contributed by atoms with Crippen molar-refractivity contribution in [1.29, 1.82) is 0 Å². The minimum absolute atomic E-state index is 0.215. The molecule has 0 aromatic heterocycles. The number of ether oxygens (including phenoxy) is 1. The van der Waals surface area contributed by atoms with Gasteiger partial charge in [0.15, 0.2) is 0 Å². The van der Waals surface area contributed by atoms with Crippen LogP contribution < -0.4 is 10.2 Å². The predicted molar refractivity (Wildman–Crippen MR) is 109 cm³/mol. The first-order valence-electron chi connectivity index (χ1n) is 8.54. The number of carbonyl (C=O) groups is 2. The van der Waals surface area contributed by atoms with Crippen LogP contribution in [0.15, 0.2) is 84.0 Å². The third-order valence-corrected chi connectivity index (χ3v) is 4.01. The number of nitrogens with zero attached hydrogens (tertiary/aromatic N) is 1. The minimum atomic E-state index is -0.484. The zero-order chi connectivity index (χ0) is 19.8. The summed E-state index contributed by atoms with van der Waals surface area (Å²) in [6.45, 7) is 0. The van der Waals surface area contributed by atoms with Crippen LogP contribution >= 0.6 is 11.6 Å². The number of hydrogen-bond donors (Lipinski definition) is 1. The molecule has 0 heterocycles. The molecule has 0 atom stereocenters. The maximum absolute atomic E-state index is 12.2. The topological polar surface area (TPSA) is 67.8 Å². The van der Waals surface area contributed by atoms with E-state index in [2.05, 4.69) is 10.5 Å². The number of amides is 1. The molecule has 3 rings (SSSR count). The zero-order valence-electron chi connectivity index (χ0n) is 14.8. The van der Waals surface area contributed by atoms with E-state index >= 15 is 0 Å². The molecule has 0 bridgehead atoms. The van der Waals surface area contributed by atoms with Gasteiger partial charge in [-0.1, -0.05) is 54.1 Å². The van der Waals surface area contributed by atoms with Crippen molar-refractivity contribution in [3.8, 4) is 5.75 Å². The fourth-order valence-corrected chi connectivity index (χ4v) is 2.54. The van der Waals surface area contributed by atoms with E-state index in [1.807, 2.05) is 30.3 Å². The summed E-state index contributed by atoms with van der Waals surface area (Å²) >= 11 is 5.82. The summed E-state index contributed by atoms with van der Waals surface area (Å²) in [5, 5.41) is 4.49. The van der Waals surface area contributed by atoms with Crippen LogP contribution in [0.5, 0.6) is 5.75 Å². The van der Waals surface area contributed by atoms with Gasteiger partial charge in [0.05, 0.1) is 18.2 Å². The highest BCUT2D eigenvalue weighted by Gasteiger charge is 2.08. The van der Waals surface area contributed by atoms with Gasteiger partial charge in [0.2, 0.25) is 5.91 Å². The lowest BCUT2D eigenvalue weighted by atomic mass is 10.1. The molecule has 3 aromatic rings. The molecule has 0 fully saturated rings. The molecule has 0 unspecified atom stereocenters. The quantitative estimate of drug-likeness (QED) is 0.295. The van der Waals surface area contributed by atoms with Crippen LogP contribution in [0, 0.1) is 0 Å². The van der Waals surface area contributed by atoms with Gasteiger partial charge < -0.3 is 4.74 Å². The smallest absolute Gasteiger partial charge is 0.343 e. The van der Waals surface area contributed by atoms with Gasteiger partial charge in [-0.25, -0.2) is 10.2 Å². The summed E-state index contributed by atoms with van der Waals surface area (Å²) in [6, 6.07) is 22.7. The maximum Gasteiger partial charge on any atom is 0.343 e. The first kappa shape index (κ1) is 19.3. The Morgan fingerprint density at radius 3 is 2.46 bits per heavy atom. The van der Waals surface area contributed by atoms with Crippen LogP contribution in [0.1, 0.15) is 21.5 Å². The van der Waals surface area contributed by atoms with Crippen LogP contribution in [0.2, 0.25) is 5.02 Å². The minimum Gasteiger partial charge on any atom is -0.423 e. The molecule has 0 saturated carbocycles. The Morgan fingerprint density at radius 1 is 0.964 bits per heavy atom. The number of hydrogen-bond acceptors (Lipinski definition) is 4. The third kappa shape index (κ3) is 5.79. The summed E-state index contributed by atoms with van der Waals surface area (Å²) in [6.07, 6.45) is 1.74. The number of hydrazone groups is 1. The van der Waals surface area contributed by atoms with Gasteiger partial charge in [0, 0.05) is 5.02 Å². The SMILES string of the molecule is O=C(Cc1ccccc1)NN=Cc1cccc(OC(=O)c2ccc(Cl)cc2)c1. The van der Waals surface area contributed by atoms with Gasteiger partial charge >= 0.3 is 5.97 Å². The highest BCUT2D eigenvalue weighted by molar-refractivity contribution is 6.30. The Balaban J connectivity index is 1.56. The predicted octanol–water partition coefficient (Wildman–Crippen LogP) is 4.25. The van der Waals surface area contributed by atoms with E-state index in [4.69, 9.17) is 16.3 Å². The highest BCUT2D eigenvalue weighted by Crippen LogP contribution is 2.16. The Labute approximate surface area is 167 Å². The first-order valence-corrected chi connectivity index (χ1v) is 8.91. The van der Waals surface area contributed by atoms with Gasteiger partial charge in [-0.3, -0.25) is 4.79 Å². The van der Waals surface area contributed by atoms with E-state index < -0.39 is 5.97 Å². The lowest BCUT2D eigenvalue weighted by Gasteiger charge is -2.05. The van der Waals surface area contributed by atoms with E-state index in [0.29, 0.717) is 21.9 Å². The molecule has 0 aliphatic rings. The van der Waals surface area contributed by atoms with E-state index in [1.54, 1.807) is 48.5 Å². The van der Waals surface area contributed by atoms with Crippen LogP contribution in [-0.2, 0) is 11.2 Å². The molecule has 0 aliphatic heterocycles. The second-order valence-electron chi connectivity index (χ2n) is 5.92. The molecular weight excluding hydrogens is 376 g/mol. The first-order chi connectivity index (χ1) is 13.6. The van der Waals surface area contributed by atoms with Crippen LogP contribution in [0.4, 0.5) is 0 Å². The van der Waals surface area contributed by atoms with Crippen LogP contribution in [0.25, 0.3) is 0 Å². The van der Waals surface area contributed by atoms with Crippen molar-refractivity contribution in [3.63, 3.8) is 0 Å². The fraction of sp³-hybridized carbons (Fsp3) is 0.0455. The lowest BCUT2D eigenvalue weighted by molar-refractivity contribution is -0.120. The fourth-order valence-electron chi connectivity index (χ4n) is 2.41. The molecule has 140 valence electrons. The molecular formula is C22H17ClN2O3. The maximum atomic E-state index is 12.2. The summed E-state index contributed by atoms with van der Waals surface area (Å²) in [4.78, 5) is 24.0. The molecule has 6 heteroatoms. The molecule has 28 heavy (non-hydrogen) atoms. The van der Waals surface area contributed by atoms with Crippen molar-refractivity contribution in [3.05, 3.63) is 101 Å². The molecule has 0 saturated heterocycles. The van der Waals surface area contributed by atoms with Crippen molar-refractivity contribution in [1.82, 2.24) is 5.43 Å². The van der Waals surface area contributed by atoms with Crippen molar-refractivity contribution >= 4 is 29.7 Å². The Hall–Kier alpha value is -3.44. The van der Waals surface area contributed by atoms with Crippen molar-refractivity contribution in [2.45, 2.75) is 6.42 Å². The standard InChI is InChI=1S/C22H17ClN2O3/c23-19-11-9-18(10-12-19)22(27)28-20-8-4-7-17(13-20)15-24-25-21(26)14-16-5-2-1-3-6-16/h1-13,15H,14H2,(H,25,26). The van der Waals surface area contributed by atoms with Gasteiger partial charge in [0.1, 0.15) is 5.75 Å². The lowest BCUT2D eigenvalue weighted by Crippen LogP contribution is -2.19. The number of carbonyl (C=O) groups excluding carboxylic acids is 2. The number of rotatable bonds is 6. The van der Waals surface area contributed by atoms with Gasteiger partial charge in [0.25, 0.3) is 0 Å². The molecule has 0 spiro atoms. The number of nitrogens with one attached hydrogen (secondary N) is 1. The van der Waals surface area contributed by atoms with E-state index in [1.165, 1.54) is 6.21 Å².